The van der Waals surface area contributed by atoms with Crippen LogP contribution in [0.1, 0.15) is 18.4 Å². The number of amides is 1. The van der Waals surface area contributed by atoms with E-state index in [-0.39, 0.29) is 18.3 Å². The lowest BCUT2D eigenvalue weighted by molar-refractivity contribution is -0.126. The first-order valence-corrected chi connectivity index (χ1v) is 7.78. The molecule has 0 saturated carbocycles. The van der Waals surface area contributed by atoms with Gasteiger partial charge in [0.1, 0.15) is 5.54 Å². The van der Waals surface area contributed by atoms with E-state index in [0.29, 0.717) is 23.6 Å². The Kier molecular flexibility index (Phi) is 5.68. The van der Waals surface area contributed by atoms with Gasteiger partial charge in [-0.3, -0.25) is 9.48 Å². The highest BCUT2D eigenvalue weighted by atomic mass is 35.5. The Labute approximate surface area is 146 Å². The number of aryl methyl sites for hydroxylation is 1. The van der Waals surface area contributed by atoms with Gasteiger partial charge in [-0.15, -0.1) is 12.4 Å². The second-order valence-electron chi connectivity index (χ2n) is 5.65. The van der Waals surface area contributed by atoms with Crippen LogP contribution in [0, 0.1) is 6.92 Å². The van der Waals surface area contributed by atoms with Gasteiger partial charge in [0, 0.05) is 23.1 Å². The van der Waals surface area contributed by atoms with E-state index in [0.717, 1.165) is 18.7 Å². The minimum absolute atomic E-state index is 0. The lowest BCUT2D eigenvalue weighted by Gasteiger charge is -2.36. The van der Waals surface area contributed by atoms with E-state index in [1.54, 1.807) is 16.9 Å². The Morgan fingerprint density at radius 1 is 1.39 bits per heavy atom. The third kappa shape index (κ3) is 3.52. The highest BCUT2D eigenvalue weighted by molar-refractivity contribution is 6.31. The molecule has 2 aromatic rings. The average Bonchev–Trinajstić information content (AvgIpc) is 3.06. The molecular weight excluding hydrogens is 335 g/mol. The molecule has 1 aliphatic heterocycles. The maximum atomic E-state index is 12.9. The van der Waals surface area contributed by atoms with Gasteiger partial charge in [-0.2, -0.15) is 5.10 Å². The highest BCUT2D eigenvalue weighted by Crippen LogP contribution is 2.29. The van der Waals surface area contributed by atoms with Gasteiger partial charge < -0.3 is 10.6 Å². The van der Waals surface area contributed by atoms with Crippen molar-refractivity contribution in [3.8, 4) is 0 Å². The Balaban J connectivity index is 0.00000192. The van der Waals surface area contributed by atoms with Crippen LogP contribution in [-0.2, 0) is 10.3 Å². The molecule has 1 aliphatic rings. The summed E-state index contributed by atoms with van der Waals surface area (Å²) < 4.78 is 1.78. The van der Waals surface area contributed by atoms with Gasteiger partial charge in [-0.25, -0.2) is 0 Å². The first-order chi connectivity index (χ1) is 10.6. The number of hydrogen-bond acceptors (Lipinski definition) is 3. The Morgan fingerprint density at radius 3 is 2.74 bits per heavy atom. The van der Waals surface area contributed by atoms with Crippen LogP contribution in [-0.4, -0.2) is 28.8 Å². The molecule has 1 amide bonds. The van der Waals surface area contributed by atoms with Gasteiger partial charge in [0.05, 0.1) is 0 Å². The normalized spacial score (nSPS) is 16.4. The van der Waals surface area contributed by atoms with Crippen molar-refractivity contribution in [2.75, 3.05) is 18.4 Å². The summed E-state index contributed by atoms with van der Waals surface area (Å²) in [4.78, 5) is 12.9. The van der Waals surface area contributed by atoms with Crippen molar-refractivity contribution in [2.45, 2.75) is 25.3 Å². The zero-order valence-corrected chi connectivity index (χ0v) is 14.5. The smallest absolute Gasteiger partial charge is 0.252 e. The summed E-state index contributed by atoms with van der Waals surface area (Å²) >= 11 is 6.14. The van der Waals surface area contributed by atoms with Crippen molar-refractivity contribution in [1.29, 1.82) is 0 Å². The molecule has 23 heavy (non-hydrogen) atoms. The Hall–Kier alpha value is -1.56. The molecule has 0 atom stereocenters. The zero-order chi connectivity index (χ0) is 15.6. The maximum absolute atomic E-state index is 12.9. The number of carbonyl (C=O) groups excluding carboxylic acids is 1. The number of rotatable bonds is 3. The molecule has 2 N–H and O–H groups in total. The molecule has 0 spiro atoms. The molecule has 0 radical (unpaired) electrons. The number of halogens is 2. The minimum atomic E-state index is -0.647. The third-order valence-corrected chi connectivity index (χ3v) is 4.63. The molecular formula is C16H20Cl2N4O. The molecule has 124 valence electrons. The standard InChI is InChI=1S/C16H19ClN4O.ClH/c1-12-3-4-13(11-14(12)17)20-15(22)16(5-8-18-9-6-16)21-10-2-7-19-21;/h2-4,7,10-11,18H,5-6,8-9H2,1H3,(H,20,22);1H. The lowest BCUT2D eigenvalue weighted by atomic mass is 9.87. The fourth-order valence-corrected chi connectivity index (χ4v) is 3.02. The van der Waals surface area contributed by atoms with Crippen molar-refractivity contribution < 1.29 is 4.79 Å². The molecule has 0 aliphatic carbocycles. The van der Waals surface area contributed by atoms with E-state index in [1.807, 2.05) is 31.3 Å². The Bertz CT molecular complexity index is 667. The third-order valence-electron chi connectivity index (χ3n) is 4.23. The van der Waals surface area contributed by atoms with E-state index < -0.39 is 5.54 Å². The molecule has 1 fully saturated rings. The summed E-state index contributed by atoms with van der Waals surface area (Å²) in [6.07, 6.45) is 4.98. The van der Waals surface area contributed by atoms with Gasteiger partial charge in [-0.05, 0) is 56.6 Å². The average molecular weight is 355 g/mol. The van der Waals surface area contributed by atoms with Crippen LogP contribution in [0.15, 0.2) is 36.7 Å². The van der Waals surface area contributed by atoms with Crippen molar-refractivity contribution in [3.63, 3.8) is 0 Å². The van der Waals surface area contributed by atoms with E-state index in [4.69, 9.17) is 11.6 Å². The first kappa shape index (κ1) is 17.8. The lowest BCUT2D eigenvalue weighted by Crippen LogP contribution is -2.52. The number of anilines is 1. The Morgan fingerprint density at radius 2 is 2.13 bits per heavy atom. The number of nitrogens with zero attached hydrogens (tertiary/aromatic N) is 2. The monoisotopic (exact) mass is 354 g/mol. The fraction of sp³-hybridized carbons (Fsp3) is 0.375. The highest BCUT2D eigenvalue weighted by Gasteiger charge is 2.42. The molecule has 1 aromatic carbocycles. The number of carbonyl (C=O) groups is 1. The van der Waals surface area contributed by atoms with Gasteiger partial charge in [0.25, 0.3) is 5.91 Å². The fourth-order valence-electron chi connectivity index (χ4n) is 2.84. The van der Waals surface area contributed by atoms with Crippen LogP contribution in [0.25, 0.3) is 0 Å². The number of aromatic nitrogens is 2. The quantitative estimate of drug-likeness (QED) is 0.890. The summed E-state index contributed by atoms with van der Waals surface area (Å²) in [7, 11) is 0. The van der Waals surface area contributed by atoms with Crippen LogP contribution < -0.4 is 10.6 Å². The largest absolute Gasteiger partial charge is 0.324 e. The predicted octanol–water partition coefficient (Wildman–Crippen LogP) is 2.98. The van der Waals surface area contributed by atoms with Crippen molar-refractivity contribution >= 4 is 35.6 Å². The number of piperidine rings is 1. The van der Waals surface area contributed by atoms with Gasteiger partial charge >= 0.3 is 0 Å². The molecule has 7 heteroatoms. The van der Waals surface area contributed by atoms with E-state index in [9.17, 15) is 4.79 Å². The zero-order valence-electron chi connectivity index (χ0n) is 12.9. The van der Waals surface area contributed by atoms with Crippen molar-refractivity contribution in [3.05, 3.63) is 47.2 Å². The topological polar surface area (TPSA) is 59.0 Å². The summed E-state index contributed by atoms with van der Waals surface area (Å²) in [5.74, 6) is -0.0439. The van der Waals surface area contributed by atoms with E-state index in [2.05, 4.69) is 15.7 Å². The first-order valence-electron chi connectivity index (χ1n) is 7.40. The van der Waals surface area contributed by atoms with E-state index in [1.165, 1.54) is 0 Å². The van der Waals surface area contributed by atoms with Gasteiger partial charge in [-0.1, -0.05) is 17.7 Å². The molecule has 1 saturated heterocycles. The van der Waals surface area contributed by atoms with E-state index >= 15 is 0 Å². The van der Waals surface area contributed by atoms with Gasteiger partial charge in [0.2, 0.25) is 0 Å². The number of nitrogens with one attached hydrogen (secondary N) is 2. The predicted molar refractivity (Wildman–Crippen MR) is 94.4 cm³/mol. The summed E-state index contributed by atoms with van der Waals surface area (Å²) in [6.45, 7) is 3.52. The minimum Gasteiger partial charge on any atom is -0.324 e. The maximum Gasteiger partial charge on any atom is 0.252 e. The van der Waals surface area contributed by atoms with Crippen molar-refractivity contribution in [2.24, 2.45) is 0 Å². The molecule has 0 unspecified atom stereocenters. The van der Waals surface area contributed by atoms with Crippen LogP contribution in [0.3, 0.4) is 0 Å². The van der Waals surface area contributed by atoms with Crippen LogP contribution in [0.2, 0.25) is 5.02 Å². The van der Waals surface area contributed by atoms with Crippen LogP contribution in [0.4, 0.5) is 5.69 Å². The summed E-state index contributed by atoms with van der Waals surface area (Å²) in [5, 5.41) is 11.2. The van der Waals surface area contributed by atoms with Crippen LogP contribution in [0.5, 0.6) is 0 Å². The molecule has 5 nitrogen and oxygen atoms in total. The molecule has 0 bridgehead atoms. The molecule has 3 rings (SSSR count). The molecule has 2 heterocycles. The number of benzene rings is 1. The second-order valence-corrected chi connectivity index (χ2v) is 6.06. The van der Waals surface area contributed by atoms with Crippen molar-refractivity contribution in [1.82, 2.24) is 15.1 Å². The molecule has 1 aromatic heterocycles. The number of hydrogen-bond donors (Lipinski definition) is 2. The summed E-state index contributed by atoms with van der Waals surface area (Å²) in [6, 6.07) is 7.41. The SMILES string of the molecule is Cc1ccc(NC(=O)C2(n3cccn3)CCNCC2)cc1Cl.Cl. The second kappa shape index (κ2) is 7.34. The van der Waals surface area contributed by atoms with Crippen LogP contribution >= 0.6 is 24.0 Å². The van der Waals surface area contributed by atoms with Gasteiger partial charge in [0.15, 0.2) is 0 Å². The summed E-state index contributed by atoms with van der Waals surface area (Å²) in [5.41, 5.74) is 1.06.